The van der Waals surface area contributed by atoms with Gasteiger partial charge in [-0.25, -0.2) is 0 Å². The van der Waals surface area contributed by atoms with Gasteiger partial charge in [0.2, 0.25) is 0 Å². The molecule has 1 aromatic rings. The topological polar surface area (TPSA) is 85.3 Å². The summed E-state index contributed by atoms with van der Waals surface area (Å²) in [4.78, 5) is 27.4. The van der Waals surface area contributed by atoms with Crippen LogP contribution in [-0.4, -0.2) is 54.7 Å². The molecule has 1 atom stereocenters. The minimum Gasteiger partial charge on any atom is -0.503 e. The zero-order valence-electron chi connectivity index (χ0n) is 18.9. The molecular weight excluding hydrogens is 386 g/mol. The third-order valence-electron chi connectivity index (χ3n) is 4.71. The standard InChI is InChI=1S/C23H33NO6/c1-8-29-17-13-15(9-10-16(17)30-14(2)3)19-18(21(26)23(4,5)6)20(25)22(27)24(19)11-12-28-7/h9-10,13-14,19,25H,8,11-12H2,1-7H3. The van der Waals surface area contributed by atoms with Gasteiger partial charge < -0.3 is 24.2 Å². The highest BCUT2D eigenvalue weighted by Crippen LogP contribution is 2.43. The van der Waals surface area contributed by atoms with Gasteiger partial charge in [-0.3, -0.25) is 9.59 Å². The largest absolute Gasteiger partial charge is 0.503 e. The normalized spacial score (nSPS) is 17.1. The van der Waals surface area contributed by atoms with Crippen LogP contribution >= 0.6 is 0 Å². The molecule has 166 valence electrons. The maximum atomic E-state index is 13.2. The molecule has 0 aliphatic carbocycles. The van der Waals surface area contributed by atoms with Crippen molar-refractivity contribution in [2.45, 2.75) is 53.7 Å². The lowest BCUT2D eigenvalue weighted by Gasteiger charge is -2.29. The number of rotatable bonds is 9. The first-order valence-corrected chi connectivity index (χ1v) is 10.2. The lowest BCUT2D eigenvalue weighted by molar-refractivity contribution is -0.130. The van der Waals surface area contributed by atoms with Gasteiger partial charge in [-0.05, 0) is 38.5 Å². The number of carbonyl (C=O) groups is 2. The van der Waals surface area contributed by atoms with Crippen LogP contribution in [0, 0.1) is 5.41 Å². The van der Waals surface area contributed by atoms with Crippen molar-refractivity contribution < 1.29 is 28.9 Å². The van der Waals surface area contributed by atoms with E-state index in [1.54, 1.807) is 39.0 Å². The number of benzene rings is 1. The first-order chi connectivity index (χ1) is 14.0. The van der Waals surface area contributed by atoms with Crippen LogP contribution in [0.3, 0.4) is 0 Å². The minimum absolute atomic E-state index is 0.0386. The fourth-order valence-corrected chi connectivity index (χ4v) is 3.37. The van der Waals surface area contributed by atoms with Crippen LogP contribution < -0.4 is 9.47 Å². The number of nitrogens with zero attached hydrogens (tertiary/aromatic N) is 1. The molecule has 1 aliphatic heterocycles. The Balaban J connectivity index is 2.60. The molecule has 7 heteroatoms. The maximum absolute atomic E-state index is 13.2. The molecule has 0 spiro atoms. The van der Waals surface area contributed by atoms with Crippen molar-refractivity contribution in [3.63, 3.8) is 0 Å². The summed E-state index contributed by atoms with van der Waals surface area (Å²) < 4.78 is 16.7. The third-order valence-corrected chi connectivity index (χ3v) is 4.71. The smallest absolute Gasteiger partial charge is 0.290 e. The number of hydrogen-bond acceptors (Lipinski definition) is 6. The molecule has 0 aromatic heterocycles. The molecule has 1 amide bonds. The highest BCUT2D eigenvalue weighted by atomic mass is 16.5. The van der Waals surface area contributed by atoms with Gasteiger partial charge in [0, 0.05) is 19.1 Å². The summed E-state index contributed by atoms with van der Waals surface area (Å²) in [6.07, 6.45) is -0.0386. The SMILES string of the molecule is CCOc1cc(C2C(C(=O)C(C)(C)C)=C(O)C(=O)N2CCOC)ccc1OC(C)C. The number of ether oxygens (including phenoxy) is 3. The Morgan fingerprint density at radius 1 is 1.23 bits per heavy atom. The number of Topliss-reactive ketones (excluding diaryl/α,β-unsaturated/α-hetero) is 1. The van der Waals surface area contributed by atoms with E-state index in [0.717, 1.165) is 0 Å². The zero-order chi connectivity index (χ0) is 22.6. The number of aliphatic hydroxyl groups excluding tert-OH is 1. The average molecular weight is 420 g/mol. The Bertz CT molecular complexity index is 821. The van der Waals surface area contributed by atoms with E-state index in [9.17, 15) is 14.7 Å². The van der Waals surface area contributed by atoms with Crippen molar-refractivity contribution in [2.24, 2.45) is 5.41 Å². The van der Waals surface area contributed by atoms with E-state index >= 15 is 0 Å². The Kier molecular flexibility index (Phi) is 7.53. The van der Waals surface area contributed by atoms with Crippen LogP contribution in [-0.2, 0) is 14.3 Å². The summed E-state index contributed by atoms with van der Waals surface area (Å²) in [7, 11) is 1.54. The fourth-order valence-electron chi connectivity index (χ4n) is 3.37. The molecule has 0 bridgehead atoms. The molecule has 0 radical (unpaired) electrons. The summed E-state index contributed by atoms with van der Waals surface area (Å²) >= 11 is 0. The van der Waals surface area contributed by atoms with Crippen LogP contribution in [0.5, 0.6) is 11.5 Å². The minimum atomic E-state index is -0.761. The number of carbonyl (C=O) groups excluding carboxylic acids is 2. The van der Waals surface area contributed by atoms with Gasteiger partial charge in [-0.15, -0.1) is 0 Å². The van der Waals surface area contributed by atoms with E-state index in [1.165, 1.54) is 12.0 Å². The molecule has 1 aromatic carbocycles. The number of amides is 1. The Labute approximate surface area is 178 Å². The van der Waals surface area contributed by atoms with Crippen LogP contribution in [0.25, 0.3) is 0 Å². The van der Waals surface area contributed by atoms with Crippen LogP contribution in [0.2, 0.25) is 0 Å². The molecule has 0 saturated heterocycles. The van der Waals surface area contributed by atoms with Gasteiger partial charge in [0.1, 0.15) is 0 Å². The summed E-state index contributed by atoms with van der Waals surface area (Å²) in [5, 5.41) is 10.6. The molecule has 1 heterocycles. The van der Waals surface area contributed by atoms with Crippen molar-refractivity contribution in [3.8, 4) is 11.5 Å². The van der Waals surface area contributed by atoms with E-state index in [2.05, 4.69) is 0 Å². The summed E-state index contributed by atoms with van der Waals surface area (Å²) in [5.41, 5.74) is 0.00183. The van der Waals surface area contributed by atoms with E-state index in [1.807, 2.05) is 20.8 Å². The van der Waals surface area contributed by atoms with Crippen molar-refractivity contribution in [2.75, 3.05) is 26.9 Å². The van der Waals surface area contributed by atoms with Crippen LogP contribution in [0.15, 0.2) is 29.5 Å². The Morgan fingerprint density at radius 3 is 2.43 bits per heavy atom. The van der Waals surface area contributed by atoms with E-state index in [0.29, 0.717) is 23.7 Å². The number of aliphatic hydroxyl groups is 1. The average Bonchev–Trinajstić information content (AvgIpc) is 2.90. The second-order valence-corrected chi connectivity index (χ2v) is 8.54. The molecule has 0 fully saturated rings. The first-order valence-electron chi connectivity index (χ1n) is 10.2. The quantitative estimate of drug-likeness (QED) is 0.655. The summed E-state index contributed by atoms with van der Waals surface area (Å²) in [6, 6.07) is 4.61. The highest BCUT2D eigenvalue weighted by molar-refractivity contribution is 6.10. The summed E-state index contributed by atoms with van der Waals surface area (Å²) in [6.45, 7) is 12.0. The van der Waals surface area contributed by atoms with Crippen molar-refractivity contribution >= 4 is 11.7 Å². The first kappa shape index (κ1) is 23.7. The lowest BCUT2D eigenvalue weighted by atomic mass is 9.82. The van der Waals surface area contributed by atoms with E-state index in [-0.39, 0.29) is 30.6 Å². The van der Waals surface area contributed by atoms with Gasteiger partial charge >= 0.3 is 0 Å². The third kappa shape index (κ3) is 4.95. The Hall–Kier alpha value is -2.54. The number of ketones is 1. The second kappa shape index (κ2) is 9.51. The predicted molar refractivity (Wildman–Crippen MR) is 114 cm³/mol. The van der Waals surface area contributed by atoms with Crippen LogP contribution in [0.4, 0.5) is 0 Å². The Morgan fingerprint density at radius 2 is 1.90 bits per heavy atom. The monoisotopic (exact) mass is 419 g/mol. The van der Waals surface area contributed by atoms with Gasteiger partial charge in [-0.1, -0.05) is 26.8 Å². The molecule has 0 saturated carbocycles. The number of hydrogen-bond donors (Lipinski definition) is 1. The van der Waals surface area contributed by atoms with Crippen molar-refractivity contribution in [1.29, 1.82) is 0 Å². The maximum Gasteiger partial charge on any atom is 0.290 e. The molecule has 1 aliphatic rings. The fraction of sp³-hybridized carbons (Fsp3) is 0.565. The second-order valence-electron chi connectivity index (χ2n) is 8.54. The van der Waals surface area contributed by atoms with Crippen LogP contribution in [0.1, 0.15) is 53.1 Å². The summed E-state index contributed by atoms with van der Waals surface area (Å²) in [5.74, 6) is -0.252. The molecule has 7 nitrogen and oxygen atoms in total. The molecular formula is C23H33NO6. The van der Waals surface area contributed by atoms with E-state index in [4.69, 9.17) is 14.2 Å². The predicted octanol–water partition coefficient (Wildman–Crippen LogP) is 3.83. The lowest BCUT2D eigenvalue weighted by Crippen LogP contribution is -2.35. The molecule has 2 rings (SSSR count). The van der Waals surface area contributed by atoms with Crippen molar-refractivity contribution in [1.82, 2.24) is 4.90 Å². The van der Waals surface area contributed by atoms with Gasteiger partial charge in [0.05, 0.1) is 30.9 Å². The zero-order valence-corrected chi connectivity index (χ0v) is 18.9. The van der Waals surface area contributed by atoms with Gasteiger partial charge in [-0.2, -0.15) is 0 Å². The molecule has 1 N–H and O–H groups in total. The van der Waals surface area contributed by atoms with Gasteiger partial charge in [0.25, 0.3) is 5.91 Å². The molecule has 30 heavy (non-hydrogen) atoms. The molecule has 1 unspecified atom stereocenters. The number of methoxy groups -OCH3 is 1. The van der Waals surface area contributed by atoms with Crippen molar-refractivity contribution in [3.05, 3.63) is 35.1 Å². The van der Waals surface area contributed by atoms with E-state index < -0.39 is 23.1 Å². The van der Waals surface area contributed by atoms with Gasteiger partial charge in [0.15, 0.2) is 23.0 Å². The highest BCUT2D eigenvalue weighted by Gasteiger charge is 2.46.